The molecule has 0 unspecified atom stereocenters. The van der Waals surface area contributed by atoms with E-state index in [0.29, 0.717) is 22.2 Å². The zero-order valence-corrected chi connectivity index (χ0v) is 11.5. The van der Waals surface area contributed by atoms with E-state index in [2.05, 4.69) is 20.7 Å². The molecule has 1 aromatic rings. The fraction of sp³-hybridized carbons (Fsp3) is 0.364. The first-order valence-electron chi connectivity index (χ1n) is 5.00. The molecule has 0 spiro atoms. The third-order valence-corrected chi connectivity index (χ3v) is 3.01. The summed E-state index contributed by atoms with van der Waals surface area (Å²) in [6.45, 7) is 0. The van der Waals surface area contributed by atoms with E-state index >= 15 is 0 Å². The van der Waals surface area contributed by atoms with Gasteiger partial charge in [0.1, 0.15) is 5.75 Å². The molecular formula is C11H12BrNO5. The van der Waals surface area contributed by atoms with Crippen LogP contribution in [0, 0.1) is 10.1 Å². The molecule has 0 saturated heterocycles. The van der Waals surface area contributed by atoms with Gasteiger partial charge < -0.3 is 9.47 Å². The number of carbonyl (C=O) groups excluding carboxylic acids is 1. The van der Waals surface area contributed by atoms with E-state index in [1.807, 2.05) is 0 Å². The van der Waals surface area contributed by atoms with Crippen LogP contribution in [0.2, 0.25) is 0 Å². The summed E-state index contributed by atoms with van der Waals surface area (Å²) < 4.78 is 9.68. The number of nitro groups is 1. The summed E-state index contributed by atoms with van der Waals surface area (Å²) in [6.07, 6.45) is 0.0125. The van der Waals surface area contributed by atoms with Crippen LogP contribution in [0.1, 0.15) is 11.1 Å². The minimum atomic E-state index is -0.503. The second-order valence-electron chi connectivity index (χ2n) is 3.43. The van der Waals surface area contributed by atoms with Gasteiger partial charge in [-0.05, 0) is 5.56 Å². The Bertz CT molecular complexity index is 449. The van der Waals surface area contributed by atoms with Gasteiger partial charge in [-0.15, -0.1) is 0 Å². The monoisotopic (exact) mass is 317 g/mol. The van der Waals surface area contributed by atoms with E-state index in [1.165, 1.54) is 26.4 Å². The summed E-state index contributed by atoms with van der Waals surface area (Å²) in [7, 11) is 2.69. The summed E-state index contributed by atoms with van der Waals surface area (Å²) >= 11 is 3.24. The molecule has 18 heavy (non-hydrogen) atoms. The molecule has 1 rings (SSSR count). The zero-order chi connectivity index (χ0) is 13.7. The number of esters is 1. The molecule has 98 valence electrons. The number of methoxy groups -OCH3 is 2. The van der Waals surface area contributed by atoms with Crippen molar-refractivity contribution < 1.29 is 19.2 Å². The molecule has 0 bridgehead atoms. The molecule has 7 heteroatoms. The van der Waals surface area contributed by atoms with E-state index < -0.39 is 10.9 Å². The van der Waals surface area contributed by atoms with Crippen LogP contribution in [0.5, 0.6) is 5.75 Å². The van der Waals surface area contributed by atoms with Crippen LogP contribution in [0.3, 0.4) is 0 Å². The molecule has 0 aliphatic rings. The molecule has 6 nitrogen and oxygen atoms in total. The Morgan fingerprint density at radius 2 is 2.11 bits per heavy atom. The van der Waals surface area contributed by atoms with Crippen molar-refractivity contribution in [3.05, 3.63) is 33.4 Å². The summed E-state index contributed by atoms with van der Waals surface area (Å²) in [6, 6.07) is 2.71. The minimum Gasteiger partial charge on any atom is -0.496 e. The summed E-state index contributed by atoms with van der Waals surface area (Å²) in [5, 5.41) is 11.2. The van der Waals surface area contributed by atoms with Crippen LogP contribution in [0.15, 0.2) is 12.1 Å². The average Bonchev–Trinajstić information content (AvgIpc) is 2.38. The number of hydrogen-bond donors (Lipinski definition) is 0. The largest absolute Gasteiger partial charge is 0.496 e. The van der Waals surface area contributed by atoms with Crippen LogP contribution in [0.25, 0.3) is 0 Å². The topological polar surface area (TPSA) is 78.7 Å². The highest BCUT2D eigenvalue weighted by Gasteiger charge is 2.19. The molecule has 0 fully saturated rings. The summed E-state index contributed by atoms with van der Waals surface area (Å²) in [5.41, 5.74) is 1.15. The van der Waals surface area contributed by atoms with Crippen molar-refractivity contribution in [2.75, 3.05) is 14.2 Å². The lowest BCUT2D eigenvalue weighted by molar-refractivity contribution is -0.385. The van der Waals surface area contributed by atoms with Crippen molar-refractivity contribution in [3.63, 3.8) is 0 Å². The standard InChI is InChI=1S/C11H12BrNO5/c1-17-10-4-8(13(15)16)3-7(6-12)9(10)5-11(14)18-2/h3-4H,5-6H2,1-2H3. The molecule has 0 aliphatic heterocycles. The number of ether oxygens (including phenoxy) is 2. The molecule has 0 atom stereocenters. The number of rotatable bonds is 5. The first-order chi connectivity index (χ1) is 8.53. The zero-order valence-electron chi connectivity index (χ0n) is 9.94. The van der Waals surface area contributed by atoms with E-state index in [1.54, 1.807) is 0 Å². The molecule has 0 aromatic heterocycles. The van der Waals surface area contributed by atoms with Crippen molar-refractivity contribution in [1.82, 2.24) is 0 Å². The van der Waals surface area contributed by atoms with Gasteiger partial charge in [0.2, 0.25) is 0 Å². The number of hydrogen-bond acceptors (Lipinski definition) is 5. The smallest absolute Gasteiger partial charge is 0.310 e. The first-order valence-corrected chi connectivity index (χ1v) is 6.12. The van der Waals surface area contributed by atoms with Gasteiger partial charge in [0, 0.05) is 17.0 Å². The number of benzene rings is 1. The molecular weight excluding hydrogens is 306 g/mol. The second-order valence-corrected chi connectivity index (χ2v) is 3.99. The van der Waals surface area contributed by atoms with Gasteiger partial charge >= 0.3 is 5.97 Å². The predicted octanol–water partition coefficient (Wildman–Crippen LogP) is 2.21. The van der Waals surface area contributed by atoms with E-state index in [0.717, 1.165) is 0 Å². The first kappa shape index (κ1) is 14.4. The molecule has 1 aromatic carbocycles. The van der Waals surface area contributed by atoms with Gasteiger partial charge in [-0.1, -0.05) is 15.9 Å². The number of carbonyl (C=O) groups is 1. The Kier molecular flexibility index (Phi) is 5.08. The number of nitrogens with zero attached hydrogens (tertiary/aromatic N) is 1. The van der Waals surface area contributed by atoms with E-state index in [4.69, 9.17) is 4.74 Å². The molecule has 0 heterocycles. The van der Waals surface area contributed by atoms with Gasteiger partial charge in [-0.25, -0.2) is 0 Å². The summed E-state index contributed by atoms with van der Waals surface area (Å²) in [4.78, 5) is 21.6. The van der Waals surface area contributed by atoms with Crippen LogP contribution in [-0.4, -0.2) is 25.1 Å². The fourth-order valence-corrected chi connectivity index (χ4v) is 2.01. The third kappa shape index (κ3) is 3.19. The molecule has 0 radical (unpaired) electrons. The highest BCUT2D eigenvalue weighted by atomic mass is 79.9. The van der Waals surface area contributed by atoms with E-state index in [9.17, 15) is 14.9 Å². The number of halogens is 1. The van der Waals surface area contributed by atoms with E-state index in [-0.39, 0.29) is 12.1 Å². The SMILES string of the molecule is COC(=O)Cc1c(CBr)cc([N+](=O)[O-])cc1OC. The van der Waals surface area contributed by atoms with Gasteiger partial charge in [0.25, 0.3) is 5.69 Å². The predicted molar refractivity (Wildman–Crippen MR) is 68.0 cm³/mol. The summed E-state index contributed by atoms with van der Waals surface area (Å²) in [5.74, 6) is -0.117. The Hall–Kier alpha value is -1.63. The Labute approximate surface area is 112 Å². The lowest BCUT2D eigenvalue weighted by Crippen LogP contribution is -2.08. The van der Waals surface area contributed by atoms with Crippen molar-refractivity contribution >= 4 is 27.6 Å². The number of alkyl halides is 1. The van der Waals surface area contributed by atoms with Gasteiger partial charge in [-0.3, -0.25) is 14.9 Å². The molecule has 0 aliphatic carbocycles. The van der Waals surface area contributed by atoms with Crippen LogP contribution >= 0.6 is 15.9 Å². The average molecular weight is 318 g/mol. The number of nitro benzene ring substituents is 1. The van der Waals surface area contributed by atoms with Crippen molar-refractivity contribution in [2.45, 2.75) is 11.8 Å². The Morgan fingerprint density at radius 1 is 1.44 bits per heavy atom. The van der Waals surface area contributed by atoms with Crippen molar-refractivity contribution in [1.29, 1.82) is 0 Å². The highest BCUT2D eigenvalue weighted by Crippen LogP contribution is 2.30. The van der Waals surface area contributed by atoms with Gasteiger partial charge in [-0.2, -0.15) is 0 Å². The minimum absolute atomic E-state index is 0.0125. The molecule has 0 saturated carbocycles. The lowest BCUT2D eigenvalue weighted by Gasteiger charge is -2.11. The third-order valence-electron chi connectivity index (χ3n) is 2.41. The second kappa shape index (κ2) is 6.34. The van der Waals surface area contributed by atoms with Gasteiger partial charge in [0.15, 0.2) is 0 Å². The van der Waals surface area contributed by atoms with Crippen LogP contribution in [-0.2, 0) is 21.3 Å². The molecule has 0 N–H and O–H groups in total. The highest BCUT2D eigenvalue weighted by molar-refractivity contribution is 9.08. The number of non-ortho nitro benzene ring substituents is 1. The van der Waals surface area contributed by atoms with Crippen LogP contribution < -0.4 is 4.74 Å². The maximum atomic E-state index is 11.3. The normalized spacial score (nSPS) is 9.94. The van der Waals surface area contributed by atoms with Crippen molar-refractivity contribution in [3.8, 4) is 5.75 Å². The Balaban J connectivity index is 3.29. The quantitative estimate of drug-likeness (QED) is 0.360. The maximum absolute atomic E-state index is 11.3. The fourth-order valence-electron chi connectivity index (χ4n) is 1.51. The lowest BCUT2D eigenvalue weighted by atomic mass is 10.0. The van der Waals surface area contributed by atoms with Gasteiger partial charge in [0.05, 0.1) is 31.6 Å². The molecule has 0 amide bonds. The Morgan fingerprint density at radius 3 is 2.56 bits per heavy atom. The van der Waals surface area contributed by atoms with Crippen molar-refractivity contribution in [2.24, 2.45) is 0 Å². The van der Waals surface area contributed by atoms with Crippen LogP contribution in [0.4, 0.5) is 5.69 Å². The maximum Gasteiger partial charge on any atom is 0.310 e.